The summed E-state index contributed by atoms with van der Waals surface area (Å²) in [6.45, 7) is 0. The first kappa shape index (κ1) is 14.3. The summed E-state index contributed by atoms with van der Waals surface area (Å²) >= 11 is 11.7. The molecule has 0 aromatic heterocycles. The molecule has 2 rings (SSSR count). The molecule has 1 N–H and O–H groups in total. The number of rotatable bonds is 3. The van der Waals surface area contributed by atoms with Gasteiger partial charge < -0.3 is 5.11 Å². The highest BCUT2D eigenvalue weighted by Crippen LogP contribution is 2.29. The Morgan fingerprint density at radius 2 is 1.84 bits per heavy atom. The minimum Gasteiger partial charge on any atom is -0.388 e. The van der Waals surface area contributed by atoms with E-state index in [1.165, 1.54) is 18.2 Å². The van der Waals surface area contributed by atoms with E-state index >= 15 is 0 Å². The van der Waals surface area contributed by atoms with Crippen LogP contribution in [0.25, 0.3) is 0 Å². The third kappa shape index (κ3) is 3.24. The predicted molar refractivity (Wildman–Crippen MR) is 71.5 cm³/mol. The van der Waals surface area contributed by atoms with Gasteiger partial charge in [0.2, 0.25) is 0 Å². The average molecular weight is 303 g/mol. The van der Waals surface area contributed by atoms with Crippen LogP contribution in [0.1, 0.15) is 17.2 Å². The van der Waals surface area contributed by atoms with Crippen molar-refractivity contribution in [3.8, 4) is 0 Å². The lowest BCUT2D eigenvalue weighted by Gasteiger charge is -2.13. The fourth-order valence-corrected chi connectivity index (χ4v) is 2.33. The van der Waals surface area contributed by atoms with Crippen LogP contribution in [0.4, 0.5) is 8.78 Å². The van der Waals surface area contributed by atoms with E-state index in [9.17, 15) is 13.9 Å². The highest BCUT2D eigenvalue weighted by Gasteiger charge is 2.16. The Balaban J connectivity index is 2.25. The van der Waals surface area contributed by atoms with Gasteiger partial charge in [-0.3, -0.25) is 0 Å². The third-order valence-corrected chi connectivity index (χ3v) is 3.33. The van der Waals surface area contributed by atoms with Crippen LogP contribution in [-0.4, -0.2) is 5.11 Å². The molecular formula is C14H10Cl2F2O. The van der Waals surface area contributed by atoms with Crippen LogP contribution >= 0.6 is 23.2 Å². The van der Waals surface area contributed by atoms with Gasteiger partial charge in [-0.15, -0.1) is 0 Å². The quantitative estimate of drug-likeness (QED) is 0.882. The number of aliphatic hydroxyl groups is 1. The van der Waals surface area contributed by atoms with E-state index < -0.39 is 17.7 Å². The molecule has 2 aromatic rings. The summed E-state index contributed by atoms with van der Waals surface area (Å²) in [7, 11) is 0. The van der Waals surface area contributed by atoms with Gasteiger partial charge >= 0.3 is 0 Å². The predicted octanol–water partition coefficient (Wildman–Crippen LogP) is 4.55. The fourth-order valence-electron chi connectivity index (χ4n) is 1.80. The first-order valence-corrected chi connectivity index (χ1v) is 6.30. The van der Waals surface area contributed by atoms with E-state index in [1.807, 2.05) is 0 Å². The maximum absolute atomic E-state index is 13.5. The lowest BCUT2D eigenvalue weighted by molar-refractivity contribution is 0.177. The number of halogens is 4. The van der Waals surface area contributed by atoms with Crippen molar-refractivity contribution in [2.24, 2.45) is 0 Å². The summed E-state index contributed by atoms with van der Waals surface area (Å²) in [5.41, 5.74) is 0.522. The van der Waals surface area contributed by atoms with E-state index in [-0.39, 0.29) is 17.0 Å². The van der Waals surface area contributed by atoms with E-state index in [0.717, 1.165) is 6.07 Å². The molecule has 1 atom stereocenters. The Kier molecular flexibility index (Phi) is 4.40. The summed E-state index contributed by atoms with van der Waals surface area (Å²) in [6, 6.07) is 8.47. The smallest absolute Gasteiger partial charge is 0.162 e. The van der Waals surface area contributed by atoms with Gasteiger partial charge in [0.05, 0.1) is 6.10 Å². The molecule has 0 fully saturated rings. The van der Waals surface area contributed by atoms with Crippen LogP contribution in [0.5, 0.6) is 0 Å². The number of aliphatic hydroxyl groups excluding tert-OH is 1. The van der Waals surface area contributed by atoms with Crippen LogP contribution in [0, 0.1) is 11.6 Å². The summed E-state index contributed by atoms with van der Waals surface area (Å²) in [4.78, 5) is 0. The first-order valence-electron chi connectivity index (χ1n) is 5.55. The fraction of sp³-hybridized carbons (Fsp3) is 0.143. The minimum absolute atomic E-state index is 0.0645. The molecule has 2 aromatic carbocycles. The van der Waals surface area contributed by atoms with Crippen LogP contribution in [0.15, 0.2) is 36.4 Å². The molecule has 0 radical (unpaired) electrons. The van der Waals surface area contributed by atoms with Crippen molar-refractivity contribution in [1.29, 1.82) is 0 Å². The van der Waals surface area contributed by atoms with Crippen molar-refractivity contribution < 1.29 is 13.9 Å². The minimum atomic E-state index is -1.03. The monoisotopic (exact) mass is 302 g/mol. The second kappa shape index (κ2) is 5.87. The lowest BCUT2D eigenvalue weighted by Crippen LogP contribution is -2.05. The van der Waals surface area contributed by atoms with Crippen molar-refractivity contribution in [2.45, 2.75) is 12.5 Å². The summed E-state index contributed by atoms with van der Waals surface area (Å²) < 4.78 is 26.6. The Bertz CT molecular complexity index is 602. The molecule has 19 heavy (non-hydrogen) atoms. The highest BCUT2D eigenvalue weighted by atomic mass is 35.5. The molecule has 0 bridgehead atoms. The molecule has 0 saturated heterocycles. The van der Waals surface area contributed by atoms with E-state index in [0.29, 0.717) is 10.6 Å². The van der Waals surface area contributed by atoms with Crippen molar-refractivity contribution in [3.63, 3.8) is 0 Å². The zero-order chi connectivity index (χ0) is 14.0. The van der Waals surface area contributed by atoms with E-state index in [1.54, 1.807) is 12.1 Å². The van der Waals surface area contributed by atoms with Gasteiger partial charge in [-0.2, -0.15) is 0 Å². The van der Waals surface area contributed by atoms with Crippen LogP contribution < -0.4 is 0 Å². The SMILES string of the molecule is OC(Cc1cccc(F)c1F)c1ccc(Cl)cc1Cl. The van der Waals surface area contributed by atoms with Gasteiger partial charge in [-0.1, -0.05) is 41.4 Å². The first-order chi connectivity index (χ1) is 8.99. The summed E-state index contributed by atoms with van der Waals surface area (Å²) in [5, 5.41) is 10.8. The molecule has 0 spiro atoms. The maximum Gasteiger partial charge on any atom is 0.162 e. The molecule has 5 heteroatoms. The largest absolute Gasteiger partial charge is 0.388 e. The number of hydrogen-bond donors (Lipinski definition) is 1. The third-order valence-electron chi connectivity index (χ3n) is 2.77. The molecule has 0 aliphatic rings. The van der Waals surface area contributed by atoms with Gasteiger partial charge in [0.1, 0.15) is 0 Å². The van der Waals surface area contributed by atoms with Crippen LogP contribution in [0.2, 0.25) is 10.0 Å². The van der Waals surface area contributed by atoms with Gasteiger partial charge in [0.25, 0.3) is 0 Å². The molecule has 1 nitrogen and oxygen atoms in total. The Hall–Kier alpha value is -1.16. The van der Waals surface area contributed by atoms with Crippen molar-refractivity contribution >= 4 is 23.2 Å². The normalized spacial score (nSPS) is 12.5. The van der Waals surface area contributed by atoms with E-state index in [4.69, 9.17) is 23.2 Å². The Labute approximate surface area is 119 Å². The van der Waals surface area contributed by atoms with Gasteiger partial charge in [0.15, 0.2) is 11.6 Å². The van der Waals surface area contributed by atoms with Crippen LogP contribution in [-0.2, 0) is 6.42 Å². The Morgan fingerprint density at radius 1 is 1.11 bits per heavy atom. The number of hydrogen-bond acceptors (Lipinski definition) is 1. The topological polar surface area (TPSA) is 20.2 Å². The highest BCUT2D eigenvalue weighted by molar-refractivity contribution is 6.35. The molecule has 1 unspecified atom stereocenters. The van der Waals surface area contributed by atoms with Crippen molar-refractivity contribution in [3.05, 3.63) is 69.2 Å². The molecule has 0 saturated carbocycles. The molecule has 0 heterocycles. The van der Waals surface area contributed by atoms with E-state index in [2.05, 4.69) is 0 Å². The van der Waals surface area contributed by atoms with Gasteiger partial charge in [0, 0.05) is 16.5 Å². The lowest BCUT2D eigenvalue weighted by atomic mass is 10.0. The molecule has 0 amide bonds. The van der Waals surface area contributed by atoms with Gasteiger partial charge in [-0.25, -0.2) is 8.78 Å². The zero-order valence-corrected chi connectivity index (χ0v) is 11.2. The second-order valence-corrected chi connectivity index (χ2v) is 4.94. The molecular weight excluding hydrogens is 293 g/mol. The zero-order valence-electron chi connectivity index (χ0n) is 9.71. The summed E-state index contributed by atoms with van der Waals surface area (Å²) in [6.07, 6.45) is -1.09. The molecule has 100 valence electrons. The van der Waals surface area contributed by atoms with Crippen molar-refractivity contribution in [1.82, 2.24) is 0 Å². The van der Waals surface area contributed by atoms with Crippen molar-refractivity contribution in [2.75, 3.05) is 0 Å². The average Bonchev–Trinajstić information content (AvgIpc) is 2.34. The number of benzene rings is 2. The standard InChI is InChI=1S/C14H10Cl2F2O/c15-9-4-5-10(11(16)7-9)13(19)6-8-2-1-3-12(17)14(8)18/h1-5,7,13,19H,6H2. The Morgan fingerprint density at radius 3 is 2.53 bits per heavy atom. The molecule has 0 aliphatic carbocycles. The molecule has 0 aliphatic heterocycles. The second-order valence-electron chi connectivity index (χ2n) is 4.10. The van der Waals surface area contributed by atoms with Gasteiger partial charge in [-0.05, 0) is 29.3 Å². The summed E-state index contributed by atoms with van der Waals surface area (Å²) in [5.74, 6) is -1.89. The maximum atomic E-state index is 13.5. The van der Waals surface area contributed by atoms with Crippen LogP contribution in [0.3, 0.4) is 0 Å².